The molecule has 1 rings (SSSR count). The number of hydrogen-bond acceptors (Lipinski definition) is 5. The Morgan fingerprint density at radius 1 is 1.22 bits per heavy atom. The quantitative estimate of drug-likeness (QED) is 0.426. The lowest BCUT2D eigenvalue weighted by Crippen LogP contribution is -2.23. The van der Waals surface area contributed by atoms with Gasteiger partial charge in [-0.25, -0.2) is 4.57 Å². The zero-order valence-electron chi connectivity index (χ0n) is 9.21. The summed E-state index contributed by atoms with van der Waals surface area (Å²) >= 11 is 0. The molecule has 18 heavy (non-hydrogen) atoms. The van der Waals surface area contributed by atoms with Crippen LogP contribution < -0.4 is 0 Å². The lowest BCUT2D eigenvalue weighted by Gasteiger charge is -2.18. The number of phosphoric acid groups is 1. The van der Waals surface area contributed by atoms with E-state index in [1.54, 1.807) is 0 Å². The second-order valence-electron chi connectivity index (χ2n) is 3.58. The van der Waals surface area contributed by atoms with Crippen molar-refractivity contribution in [2.45, 2.75) is 12.2 Å². The van der Waals surface area contributed by atoms with Crippen molar-refractivity contribution in [3.8, 4) is 0 Å². The third-order valence-electron chi connectivity index (χ3n) is 2.19. The molecule has 0 saturated carbocycles. The Morgan fingerprint density at radius 2 is 1.78 bits per heavy atom. The molecule has 0 aliphatic rings. The Labute approximate surface area is 103 Å². The van der Waals surface area contributed by atoms with Crippen LogP contribution in [-0.2, 0) is 9.09 Å². The highest BCUT2D eigenvalue weighted by atomic mass is 31.2. The molecule has 1 aromatic rings. The third-order valence-corrected chi connectivity index (χ3v) is 2.68. The number of aldehydes is 1. The molecule has 0 heterocycles. The number of aliphatic hydroxyl groups is 2. The molecule has 4 N–H and O–H groups in total. The first-order valence-corrected chi connectivity index (χ1v) is 6.48. The number of carbonyl (C=O) groups is 1. The first-order valence-electron chi connectivity index (χ1n) is 4.95. The van der Waals surface area contributed by atoms with E-state index < -0.39 is 26.6 Å². The Morgan fingerprint density at radius 3 is 2.22 bits per heavy atom. The maximum absolute atomic E-state index is 10.4. The van der Waals surface area contributed by atoms with E-state index >= 15 is 0 Å². The minimum atomic E-state index is -4.68. The van der Waals surface area contributed by atoms with Gasteiger partial charge in [0, 0.05) is 5.56 Å². The van der Waals surface area contributed by atoms with Gasteiger partial charge in [-0.05, 0) is 5.56 Å². The summed E-state index contributed by atoms with van der Waals surface area (Å²) in [6.07, 6.45) is -2.22. The van der Waals surface area contributed by atoms with Crippen LogP contribution in [0.3, 0.4) is 0 Å². The second-order valence-corrected chi connectivity index (χ2v) is 4.82. The lowest BCUT2D eigenvalue weighted by atomic mass is 10.0. The molecule has 0 aromatic heterocycles. The summed E-state index contributed by atoms with van der Waals surface area (Å²) in [7, 11) is -4.68. The molecule has 0 amide bonds. The zero-order valence-corrected chi connectivity index (χ0v) is 10.1. The molecule has 0 radical (unpaired) electrons. The smallest absolute Gasteiger partial charge is 0.388 e. The van der Waals surface area contributed by atoms with Crippen molar-refractivity contribution < 1.29 is 33.9 Å². The van der Waals surface area contributed by atoms with E-state index in [0.717, 1.165) is 0 Å². The van der Waals surface area contributed by atoms with E-state index in [2.05, 4.69) is 4.52 Å². The maximum atomic E-state index is 10.4. The Kier molecular flexibility index (Phi) is 5.15. The van der Waals surface area contributed by atoms with Crippen molar-refractivity contribution in [3.05, 3.63) is 35.4 Å². The van der Waals surface area contributed by atoms with Crippen molar-refractivity contribution in [2.24, 2.45) is 0 Å². The molecule has 2 atom stereocenters. The summed E-state index contributed by atoms with van der Waals surface area (Å²) in [6, 6.07) is 5.74. The van der Waals surface area contributed by atoms with Gasteiger partial charge in [-0.15, -0.1) is 0 Å². The standard InChI is InChI=1S/C10H13O7P/c11-5-7-1-3-8(4-2-7)10(13)9(12)6-17-18(14,15)16/h1-5,9-10,12-13H,6H2,(H2,14,15,16). The summed E-state index contributed by atoms with van der Waals surface area (Å²) in [5.41, 5.74) is 0.717. The van der Waals surface area contributed by atoms with Gasteiger partial charge in [0.2, 0.25) is 0 Å². The normalized spacial score (nSPS) is 15.1. The van der Waals surface area contributed by atoms with Crippen LogP contribution in [-0.4, -0.2) is 39.0 Å². The molecule has 0 saturated heterocycles. The predicted octanol–water partition coefficient (Wildman–Crippen LogP) is 0.00270. The first kappa shape index (κ1) is 15.0. The number of aliphatic hydroxyl groups excluding tert-OH is 2. The summed E-state index contributed by atoms with van der Waals surface area (Å²) < 4.78 is 14.5. The van der Waals surface area contributed by atoms with Crippen LogP contribution in [0.1, 0.15) is 22.0 Å². The van der Waals surface area contributed by atoms with Crippen LogP contribution in [0, 0.1) is 0 Å². The van der Waals surface area contributed by atoms with E-state index in [-0.39, 0.29) is 0 Å². The summed E-state index contributed by atoms with van der Waals surface area (Å²) in [5, 5.41) is 19.2. The van der Waals surface area contributed by atoms with E-state index in [1.807, 2.05) is 0 Å². The van der Waals surface area contributed by atoms with Crippen molar-refractivity contribution in [3.63, 3.8) is 0 Å². The summed E-state index contributed by atoms with van der Waals surface area (Å²) in [4.78, 5) is 27.3. The van der Waals surface area contributed by atoms with E-state index in [0.29, 0.717) is 17.4 Å². The van der Waals surface area contributed by atoms with Gasteiger partial charge in [0.25, 0.3) is 0 Å². The highest BCUT2D eigenvalue weighted by molar-refractivity contribution is 7.46. The van der Waals surface area contributed by atoms with Gasteiger partial charge >= 0.3 is 7.82 Å². The second kappa shape index (κ2) is 6.19. The molecule has 1 aromatic carbocycles. The number of rotatable bonds is 6. The Hall–Kier alpha value is -1.08. The number of carbonyl (C=O) groups excluding carboxylic acids is 1. The molecule has 2 unspecified atom stereocenters. The van der Waals surface area contributed by atoms with E-state index in [9.17, 15) is 19.6 Å². The Bertz CT molecular complexity index is 438. The molecule has 0 fully saturated rings. The Balaban J connectivity index is 2.64. The van der Waals surface area contributed by atoms with Gasteiger partial charge in [0.1, 0.15) is 18.5 Å². The van der Waals surface area contributed by atoms with Crippen molar-refractivity contribution in [2.75, 3.05) is 6.61 Å². The lowest BCUT2D eigenvalue weighted by molar-refractivity contribution is -0.0150. The highest BCUT2D eigenvalue weighted by Crippen LogP contribution is 2.36. The zero-order chi connectivity index (χ0) is 13.8. The fourth-order valence-electron chi connectivity index (χ4n) is 1.26. The van der Waals surface area contributed by atoms with Gasteiger partial charge in [0.05, 0.1) is 6.61 Å². The van der Waals surface area contributed by atoms with Crippen LogP contribution in [0.15, 0.2) is 24.3 Å². The van der Waals surface area contributed by atoms with Gasteiger partial charge in [0.15, 0.2) is 0 Å². The predicted molar refractivity (Wildman–Crippen MR) is 60.8 cm³/mol. The number of benzene rings is 1. The van der Waals surface area contributed by atoms with Gasteiger partial charge in [-0.1, -0.05) is 24.3 Å². The number of phosphoric ester groups is 1. The van der Waals surface area contributed by atoms with Gasteiger partial charge in [-0.2, -0.15) is 0 Å². The SMILES string of the molecule is O=Cc1ccc(C(O)C(O)COP(=O)(O)O)cc1. The third kappa shape index (κ3) is 4.66. The molecule has 0 aliphatic carbocycles. The minimum absolute atomic E-state index is 0.308. The topological polar surface area (TPSA) is 124 Å². The fraction of sp³-hybridized carbons (Fsp3) is 0.300. The summed E-state index contributed by atoms with van der Waals surface area (Å²) in [5.74, 6) is 0. The molecule has 0 aliphatic heterocycles. The van der Waals surface area contributed by atoms with Crippen LogP contribution in [0.25, 0.3) is 0 Å². The van der Waals surface area contributed by atoms with Crippen molar-refractivity contribution in [1.29, 1.82) is 0 Å². The van der Waals surface area contributed by atoms with Crippen molar-refractivity contribution in [1.82, 2.24) is 0 Å². The number of hydrogen-bond donors (Lipinski definition) is 4. The first-order chi connectivity index (χ1) is 8.33. The van der Waals surface area contributed by atoms with Crippen LogP contribution >= 0.6 is 7.82 Å². The molecule has 8 heteroatoms. The molecular formula is C10H13O7P. The highest BCUT2D eigenvalue weighted by Gasteiger charge is 2.23. The van der Waals surface area contributed by atoms with Crippen LogP contribution in [0.2, 0.25) is 0 Å². The van der Waals surface area contributed by atoms with Gasteiger partial charge < -0.3 is 20.0 Å². The summed E-state index contributed by atoms with van der Waals surface area (Å²) in [6.45, 7) is -0.707. The average molecular weight is 276 g/mol. The van der Waals surface area contributed by atoms with Crippen LogP contribution in [0.4, 0.5) is 0 Å². The fourth-order valence-corrected chi connectivity index (χ4v) is 1.61. The largest absolute Gasteiger partial charge is 0.469 e. The van der Waals surface area contributed by atoms with Gasteiger partial charge in [-0.3, -0.25) is 9.32 Å². The van der Waals surface area contributed by atoms with E-state index in [1.165, 1.54) is 24.3 Å². The van der Waals surface area contributed by atoms with Crippen LogP contribution in [0.5, 0.6) is 0 Å². The minimum Gasteiger partial charge on any atom is -0.388 e. The van der Waals surface area contributed by atoms with Crippen molar-refractivity contribution >= 4 is 14.1 Å². The monoisotopic (exact) mass is 276 g/mol. The molecule has 0 bridgehead atoms. The molecule has 0 spiro atoms. The molecular weight excluding hydrogens is 263 g/mol. The van der Waals surface area contributed by atoms with E-state index in [4.69, 9.17) is 9.79 Å². The molecule has 100 valence electrons. The molecule has 7 nitrogen and oxygen atoms in total. The maximum Gasteiger partial charge on any atom is 0.469 e. The average Bonchev–Trinajstić information content (AvgIpc) is 2.34.